The van der Waals surface area contributed by atoms with E-state index in [1.807, 2.05) is 11.8 Å². The molecule has 0 N–H and O–H groups in total. The Balaban J connectivity index is 1.80. The van der Waals surface area contributed by atoms with Gasteiger partial charge in [-0.1, -0.05) is 0 Å². The van der Waals surface area contributed by atoms with Crippen LogP contribution in [0.25, 0.3) is 0 Å². The van der Waals surface area contributed by atoms with Crippen molar-refractivity contribution in [1.29, 1.82) is 0 Å². The predicted molar refractivity (Wildman–Crippen MR) is 38.6 cm³/mol. The molecule has 1 atom stereocenters. The van der Waals surface area contributed by atoms with Crippen molar-refractivity contribution in [1.82, 2.24) is 4.90 Å². The van der Waals surface area contributed by atoms with E-state index in [0.717, 1.165) is 31.7 Å². The molecule has 0 spiro atoms. The summed E-state index contributed by atoms with van der Waals surface area (Å²) in [5.41, 5.74) is 0. The third kappa shape index (κ3) is 1.39. The Labute approximate surface area is 59.5 Å². The lowest BCUT2D eigenvalue weighted by Gasteiger charge is -2.25. The third-order valence-electron chi connectivity index (χ3n) is 1.77. The van der Waals surface area contributed by atoms with Gasteiger partial charge in [-0.05, 0) is 0 Å². The highest BCUT2D eigenvalue weighted by molar-refractivity contribution is 8.06. The first-order valence-corrected chi connectivity index (χ1v) is 4.45. The zero-order valence-corrected chi connectivity index (χ0v) is 6.19. The number of ether oxygens (including phenoxy) is 1. The van der Waals surface area contributed by atoms with E-state index in [2.05, 4.69) is 4.90 Å². The lowest BCUT2D eigenvalue weighted by atomic mass is 10.4. The summed E-state index contributed by atoms with van der Waals surface area (Å²) in [6.07, 6.45) is 0. The Bertz CT molecular complexity index is 99.2. The minimum absolute atomic E-state index is 0.855. The van der Waals surface area contributed by atoms with Crippen LogP contribution < -0.4 is 0 Å². The lowest BCUT2D eigenvalue weighted by molar-refractivity contribution is 0.0392. The molecular formula is C6H11NOS. The minimum atomic E-state index is 0.855. The highest BCUT2D eigenvalue weighted by atomic mass is 32.2. The summed E-state index contributed by atoms with van der Waals surface area (Å²) < 4.78 is 5.23. The van der Waals surface area contributed by atoms with Gasteiger partial charge in [-0.25, -0.2) is 0 Å². The molecule has 0 radical (unpaired) electrons. The molecule has 3 heteroatoms. The van der Waals surface area contributed by atoms with Gasteiger partial charge in [-0.15, -0.1) is 11.8 Å². The van der Waals surface area contributed by atoms with Gasteiger partial charge in [0.15, 0.2) is 0 Å². The second-order valence-corrected chi connectivity index (χ2v) is 3.65. The fraction of sp³-hybridized carbons (Fsp3) is 1.00. The van der Waals surface area contributed by atoms with E-state index < -0.39 is 0 Å². The zero-order chi connectivity index (χ0) is 6.10. The Morgan fingerprint density at radius 3 is 2.56 bits per heavy atom. The maximum Gasteiger partial charge on any atom is 0.0651 e. The Morgan fingerprint density at radius 2 is 2.00 bits per heavy atom. The average molecular weight is 145 g/mol. The van der Waals surface area contributed by atoms with Crippen LogP contribution >= 0.6 is 11.8 Å². The molecular weight excluding hydrogens is 134 g/mol. The van der Waals surface area contributed by atoms with Crippen LogP contribution in [-0.4, -0.2) is 42.3 Å². The standard InChI is InChI=1S/C6H11NOS/c1-3-8-4-2-7(1)6-5-9-6/h6H,1-5H2. The molecule has 0 aromatic carbocycles. The smallest absolute Gasteiger partial charge is 0.0651 e. The number of rotatable bonds is 1. The summed E-state index contributed by atoms with van der Waals surface area (Å²) >= 11 is 2.05. The van der Waals surface area contributed by atoms with Crippen LogP contribution in [0.15, 0.2) is 0 Å². The second kappa shape index (κ2) is 2.48. The fourth-order valence-electron chi connectivity index (χ4n) is 1.12. The molecule has 9 heavy (non-hydrogen) atoms. The first kappa shape index (κ1) is 6.01. The van der Waals surface area contributed by atoms with Crippen LogP contribution in [0, 0.1) is 0 Å². The zero-order valence-electron chi connectivity index (χ0n) is 5.38. The number of nitrogens with zero attached hydrogens (tertiary/aromatic N) is 1. The van der Waals surface area contributed by atoms with Crippen LogP contribution in [-0.2, 0) is 4.74 Å². The quantitative estimate of drug-likeness (QED) is 0.495. The summed E-state index contributed by atoms with van der Waals surface area (Å²) in [4.78, 5) is 2.51. The molecule has 2 nitrogen and oxygen atoms in total. The molecule has 2 aliphatic heterocycles. The Morgan fingerprint density at radius 1 is 1.33 bits per heavy atom. The van der Waals surface area contributed by atoms with Gasteiger partial charge in [0.25, 0.3) is 0 Å². The maximum atomic E-state index is 5.23. The van der Waals surface area contributed by atoms with Crippen LogP contribution in [0.3, 0.4) is 0 Å². The molecule has 2 fully saturated rings. The monoisotopic (exact) mass is 145 g/mol. The van der Waals surface area contributed by atoms with E-state index in [1.54, 1.807) is 0 Å². The van der Waals surface area contributed by atoms with Crippen molar-refractivity contribution in [2.24, 2.45) is 0 Å². The minimum Gasteiger partial charge on any atom is -0.379 e. The highest BCUT2D eigenvalue weighted by Crippen LogP contribution is 2.33. The summed E-state index contributed by atoms with van der Waals surface area (Å²) in [7, 11) is 0. The van der Waals surface area contributed by atoms with Crippen LogP contribution in [0.2, 0.25) is 0 Å². The molecule has 2 rings (SSSR count). The topological polar surface area (TPSA) is 12.5 Å². The highest BCUT2D eigenvalue weighted by Gasteiger charge is 2.30. The van der Waals surface area contributed by atoms with Gasteiger partial charge in [0.1, 0.15) is 0 Å². The molecule has 2 saturated heterocycles. The van der Waals surface area contributed by atoms with Crippen LogP contribution in [0.1, 0.15) is 0 Å². The fourth-order valence-corrected chi connectivity index (χ4v) is 1.84. The summed E-state index contributed by atoms with van der Waals surface area (Å²) in [5, 5.41) is 0.855. The van der Waals surface area contributed by atoms with Gasteiger partial charge in [0.2, 0.25) is 0 Å². The van der Waals surface area contributed by atoms with E-state index in [0.29, 0.717) is 0 Å². The molecule has 0 amide bonds. The van der Waals surface area contributed by atoms with Crippen molar-refractivity contribution in [3.63, 3.8) is 0 Å². The number of hydrogen-bond acceptors (Lipinski definition) is 3. The van der Waals surface area contributed by atoms with E-state index in [4.69, 9.17) is 4.74 Å². The molecule has 0 aromatic heterocycles. The molecule has 0 aliphatic carbocycles. The Kier molecular flexibility index (Phi) is 1.66. The van der Waals surface area contributed by atoms with Gasteiger partial charge in [0.05, 0.1) is 18.6 Å². The molecule has 2 aliphatic rings. The first-order valence-electron chi connectivity index (χ1n) is 3.40. The number of thioether (sulfide) groups is 1. The SMILES string of the molecule is C1CN(C2CS2)CCO1. The summed E-state index contributed by atoms with van der Waals surface area (Å²) in [5.74, 6) is 1.35. The van der Waals surface area contributed by atoms with Crippen molar-refractivity contribution in [2.45, 2.75) is 5.37 Å². The lowest BCUT2D eigenvalue weighted by Crippen LogP contribution is -2.37. The Hall–Kier alpha value is 0.270. The molecule has 1 unspecified atom stereocenters. The second-order valence-electron chi connectivity index (χ2n) is 2.44. The van der Waals surface area contributed by atoms with Gasteiger partial charge >= 0.3 is 0 Å². The average Bonchev–Trinajstić information content (AvgIpc) is 2.71. The van der Waals surface area contributed by atoms with Crippen molar-refractivity contribution in [3.05, 3.63) is 0 Å². The van der Waals surface area contributed by atoms with Crippen LogP contribution in [0.5, 0.6) is 0 Å². The molecule has 0 saturated carbocycles. The first-order chi connectivity index (χ1) is 4.47. The van der Waals surface area contributed by atoms with E-state index >= 15 is 0 Å². The summed E-state index contributed by atoms with van der Waals surface area (Å²) in [6.45, 7) is 4.18. The van der Waals surface area contributed by atoms with Gasteiger partial charge in [-0.3, -0.25) is 4.90 Å². The largest absolute Gasteiger partial charge is 0.379 e. The normalized spacial score (nSPS) is 36.7. The molecule has 52 valence electrons. The van der Waals surface area contributed by atoms with Crippen molar-refractivity contribution < 1.29 is 4.74 Å². The number of hydrogen-bond donors (Lipinski definition) is 0. The van der Waals surface area contributed by atoms with Crippen LogP contribution in [0.4, 0.5) is 0 Å². The van der Waals surface area contributed by atoms with Gasteiger partial charge < -0.3 is 4.74 Å². The molecule has 0 bridgehead atoms. The predicted octanol–water partition coefficient (Wildman–Crippen LogP) is 0.391. The van der Waals surface area contributed by atoms with Crippen molar-refractivity contribution in [3.8, 4) is 0 Å². The van der Waals surface area contributed by atoms with E-state index in [9.17, 15) is 0 Å². The molecule has 2 heterocycles. The van der Waals surface area contributed by atoms with E-state index in [1.165, 1.54) is 5.75 Å². The summed E-state index contributed by atoms with van der Waals surface area (Å²) in [6, 6.07) is 0. The van der Waals surface area contributed by atoms with E-state index in [-0.39, 0.29) is 0 Å². The maximum absolute atomic E-state index is 5.23. The molecule has 0 aromatic rings. The third-order valence-corrected chi connectivity index (χ3v) is 2.70. The number of morpholine rings is 1. The van der Waals surface area contributed by atoms with Crippen molar-refractivity contribution in [2.75, 3.05) is 32.1 Å². The van der Waals surface area contributed by atoms with Gasteiger partial charge in [-0.2, -0.15) is 0 Å². The van der Waals surface area contributed by atoms with Crippen molar-refractivity contribution >= 4 is 11.8 Å². The van der Waals surface area contributed by atoms with Gasteiger partial charge in [0, 0.05) is 18.8 Å².